The molecule has 2 N–H and O–H groups in total. The van der Waals surface area contributed by atoms with Crippen molar-refractivity contribution in [1.82, 2.24) is 5.32 Å². The minimum Gasteiger partial charge on any atom is -0.478 e. The molecule has 0 radical (unpaired) electrons. The molecule has 0 saturated heterocycles. The van der Waals surface area contributed by atoms with Crippen LogP contribution in [0.4, 0.5) is 10.5 Å². The zero-order valence-electron chi connectivity index (χ0n) is 11.8. The summed E-state index contributed by atoms with van der Waals surface area (Å²) in [6.45, 7) is 5.31. The number of rotatable bonds is 3. The number of nitrogens with zero attached hydrogens (tertiary/aromatic N) is 1. The zero-order chi connectivity index (χ0) is 14.7. The number of amides is 2. The number of hydrogen-bond donors (Lipinski definition) is 2. The van der Waals surface area contributed by atoms with E-state index in [4.69, 9.17) is 0 Å². The first-order chi connectivity index (χ1) is 9.50. The van der Waals surface area contributed by atoms with E-state index < -0.39 is 5.97 Å². The van der Waals surface area contributed by atoms with Gasteiger partial charge in [0, 0.05) is 18.8 Å². The molecule has 1 aromatic rings. The Balaban J connectivity index is 2.26. The van der Waals surface area contributed by atoms with Crippen LogP contribution in [0.2, 0.25) is 0 Å². The van der Waals surface area contributed by atoms with E-state index in [-0.39, 0.29) is 6.03 Å². The Hall–Kier alpha value is -2.04. The molecular formula is C15H20N2O3. The number of benzene rings is 1. The molecule has 1 aliphatic heterocycles. The molecule has 20 heavy (non-hydrogen) atoms. The van der Waals surface area contributed by atoms with Gasteiger partial charge in [-0.25, -0.2) is 9.59 Å². The SMILES string of the molecule is CC(C)CNC(=O)N1CCCc2c(C(=O)O)cccc21. The summed E-state index contributed by atoms with van der Waals surface area (Å²) >= 11 is 0. The fourth-order valence-corrected chi connectivity index (χ4v) is 2.42. The molecule has 0 aliphatic carbocycles. The summed E-state index contributed by atoms with van der Waals surface area (Å²) in [4.78, 5) is 25.1. The van der Waals surface area contributed by atoms with Gasteiger partial charge < -0.3 is 10.4 Å². The summed E-state index contributed by atoms with van der Waals surface area (Å²) in [5.41, 5.74) is 1.77. The Morgan fingerprint density at radius 3 is 2.80 bits per heavy atom. The molecule has 2 rings (SSSR count). The number of carboxylic acids is 1. The maximum absolute atomic E-state index is 12.2. The number of urea groups is 1. The second-order valence-electron chi connectivity index (χ2n) is 5.44. The number of carboxylic acid groups (broad SMARTS) is 1. The van der Waals surface area contributed by atoms with Crippen LogP contribution in [0.3, 0.4) is 0 Å². The molecule has 108 valence electrons. The van der Waals surface area contributed by atoms with Crippen LogP contribution in [0.25, 0.3) is 0 Å². The first-order valence-electron chi connectivity index (χ1n) is 6.91. The highest BCUT2D eigenvalue weighted by molar-refractivity contribution is 5.97. The van der Waals surface area contributed by atoms with E-state index >= 15 is 0 Å². The number of hydrogen-bond acceptors (Lipinski definition) is 2. The molecule has 5 heteroatoms. The Labute approximate surface area is 118 Å². The lowest BCUT2D eigenvalue weighted by molar-refractivity contribution is 0.0695. The third-order valence-corrected chi connectivity index (χ3v) is 3.39. The standard InChI is InChI=1S/C15H20N2O3/c1-10(2)9-16-15(20)17-8-4-6-11-12(14(18)19)5-3-7-13(11)17/h3,5,7,10H,4,6,8-9H2,1-2H3,(H,16,20)(H,18,19). The van der Waals surface area contributed by atoms with E-state index in [1.807, 2.05) is 19.9 Å². The molecule has 5 nitrogen and oxygen atoms in total. The molecule has 0 bridgehead atoms. The highest BCUT2D eigenvalue weighted by atomic mass is 16.4. The number of carbonyl (C=O) groups is 2. The van der Waals surface area contributed by atoms with Gasteiger partial charge in [0.15, 0.2) is 0 Å². The molecule has 0 fully saturated rings. The molecule has 1 aromatic carbocycles. The summed E-state index contributed by atoms with van der Waals surface area (Å²) in [6, 6.07) is 4.95. The number of nitrogens with one attached hydrogen (secondary N) is 1. The largest absolute Gasteiger partial charge is 0.478 e. The fraction of sp³-hybridized carbons (Fsp3) is 0.467. The highest BCUT2D eigenvalue weighted by Gasteiger charge is 2.25. The highest BCUT2D eigenvalue weighted by Crippen LogP contribution is 2.29. The lowest BCUT2D eigenvalue weighted by Gasteiger charge is -2.30. The van der Waals surface area contributed by atoms with Gasteiger partial charge in [0.2, 0.25) is 0 Å². The molecule has 0 atom stereocenters. The summed E-state index contributed by atoms with van der Waals surface area (Å²) in [7, 11) is 0. The van der Waals surface area contributed by atoms with E-state index in [2.05, 4.69) is 5.32 Å². The zero-order valence-corrected chi connectivity index (χ0v) is 11.8. The molecule has 0 unspecified atom stereocenters. The molecule has 0 saturated carbocycles. The fourth-order valence-electron chi connectivity index (χ4n) is 2.42. The Morgan fingerprint density at radius 1 is 1.40 bits per heavy atom. The van der Waals surface area contributed by atoms with Gasteiger partial charge in [0.1, 0.15) is 0 Å². The van der Waals surface area contributed by atoms with Crippen LogP contribution in [-0.2, 0) is 6.42 Å². The van der Waals surface area contributed by atoms with Crippen molar-refractivity contribution >= 4 is 17.7 Å². The smallest absolute Gasteiger partial charge is 0.336 e. The molecule has 2 amide bonds. The van der Waals surface area contributed by atoms with E-state index in [1.54, 1.807) is 17.0 Å². The number of fused-ring (bicyclic) bond motifs is 1. The molecule has 0 aromatic heterocycles. The maximum atomic E-state index is 12.2. The molecular weight excluding hydrogens is 256 g/mol. The second-order valence-corrected chi connectivity index (χ2v) is 5.44. The van der Waals surface area contributed by atoms with Gasteiger partial charge in [-0.15, -0.1) is 0 Å². The number of aromatic carboxylic acids is 1. The lowest BCUT2D eigenvalue weighted by Crippen LogP contribution is -2.44. The average molecular weight is 276 g/mol. The normalized spacial score (nSPS) is 14.1. The summed E-state index contributed by atoms with van der Waals surface area (Å²) < 4.78 is 0. The van der Waals surface area contributed by atoms with E-state index in [0.29, 0.717) is 31.0 Å². The lowest BCUT2D eigenvalue weighted by atomic mass is 9.96. The Kier molecular flexibility index (Phi) is 4.27. The van der Waals surface area contributed by atoms with Crippen LogP contribution < -0.4 is 10.2 Å². The Morgan fingerprint density at radius 2 is 2.15 bits per heavy atom. The predicted molar refractivity (Wildman–Crippen MR) is 77.3 cm³/mol. The van der Waals surface area contributed by atoms with Crippen LogP contribution in [-0.4, -0.2) is 30.2 Å². The van der Waals surface area contributed by atoms with Crippen molar-refractivity contribution in [3.8, 4) is 0 Å². The number of anilines is 1. The van der Waals surface area contributed by atoms with Crippen LogP contribution in [0.1, 0.15) is 36.2 Å². The predicted octanol–water partition coefficient (Wildman–Crippen LogP) is 2.50. The second kappa shape index (κ2) is 5.94. The van der Waals surface area contributed by atoms with Gasteiger partial charge in [0.05, 0.1) is 5.56 Å². The molecule has 0 spiro atoms. The van der Waals surface area contributed by atoms with Gasteiger partial charge in [-0.3, -0.25) is 4.90 Å². The molecule has 1 heterocycles. The van der Waals surface area contributed by atoms with Crippen molar-refractivity contribution in [2.75, 3.05) is 18.0 Å². The van der Waals surface area contributed by atoms with Gasteiger partial charge in [-0.05, 0) is 36.5 Å². The monoisotopic (exact) mass is 276 g/mol. The quantitative estimate of drug-likeness (QED) is 0.891. The Bertz CT molecular complexity index is 526. The van der Waals surface area contributed by atoms with Crippen molar-refractivity contribution in [2.24, 2.45) is 5.92 Å². The summed E-state index contributed by atoms with van der Waals surface area (Å²) in [5.74, 6) is -0.556. The third-order valence-electron chi connectivity index (χ3n) is 3.39. The minimum absolute atomic E-state index is 0.151. The van der Waals surface area contributed by atoms with E-state index in [0.717, 1.165) is 17.7 Å². The van der Waals surface area contributed by atoms with Gasteiger partial charge >= 0.3 is 12.0 Å². The summed E-state index contributed by atoms with van der Waals surface area (Å²) in [5, 5.41) is 12.1. The average Bonchev–Trinajstić information content (AvgIpc) is 2.43. The topological polar surface area (TPSA) is 69.6 Å². The summed E-state index contributed by atoms with van der Waals surface area (Å²) in [6.07, 6.45) is 1.48. The third kappa shape index (κ3) is 2.92. The van der Waals surface area contributed by atoms with Gasteiger partial charge in [-0.2, -0.15) is 0 Å². The molecule has 1 aliphatic rings. The van der Waals surface area contributed by atoms with Crippen LogP contribution in [0.5, 0.6) is 0 Å². The van der Waals surface area contributed by atoms with E-state index in [1.165, 1.54) is 0 Å². The van der Waals surface area contributed by atoms with Crippen molar-refractivity contribution in [3.63, 3.8) is 0 Å². The van der Waals surface area contributed by atoms with Crippen LogP contribution in [0.15, 0.2) is 18.2 Å². The van der Waals surface area contributed by atoms with Crippen LogP contribution in [0, 0.1) is 5.92 Å². The first kappa shape index (κ1) is 14.4. The number of carbonyl (C=O) groups excluding carboxylic acids is 1. The van der Waals surface area contributed by atoms with Crippen molar-refractivity contribution < 1.29 is 14.7 Å². The van der Waals surface area contributed by atoms with Gasteiger partial charge in [0.25, 0.3) is 0 Å². The minimum atomic E-state index is -0.939. The van der Waals surface area contributed by atoms with Gasteiger partial charge in [-0.1, -0.05) is 19.9 Å². The first-order valence-corrected chi connectivity index (χ1v) is 6.91. The van der Waals surface area contributed by atoms with E-state index in [9.17, 15) is 14.7 Å². The maximum Gasteiger partial charge on any atom is 0.336 e. The van der Waals surface area contributed by atoms with Crippen molar-refractivity contribution in [2.45, 2.75) is 26.7 Å². The van der Waals surface area contributed by atoms with Crippen molar-refractivity contribution in [1.29, 1.82) is 0 Å². The van der Waals surface area contributed by atoms with Crippen molar-refractivity contribution in [3.05, 3.63) is 29.3 Å². The van der Waals surface area contributed by atoms with Crippen LogP contribution >= 0.6 is 0 Å².